The quantitative estimate of drug-likeness (QED) is 0.595. The second-order valence-corrected chi connectivity index (χ2v) is 5.74. The van der Waals surface area contributed by atoms with Crippen molar-refractivity contribution in [3.63, 3.8) is 0 Å². The van der Waals surface area contributed by atoms with Crippen LogP contribution in [-0.4, -0.2) is 79.5 Å². The monoisotopic (exact) mass is 346 g/mol. The van der Waals surface area contributed by atoms with Gasteiger partial charge in [-0.15, -0.1) is 0 Å². The number of carbonyl (C=O) groups excluding carboxylic acids is 2. The average molecular weight is 346 g/mol. The zero-order valence-electron chi connectivity index (χ0n) is 13.6. The fourth-order valence-electron chi connectivity index (χ4n) is 2.65. The number of aromatic amines is 1. The summed E-state index contributed by atoms with van der Waals surface area (Å²) in [5.74, 6) is -0.561. The molecule has 11 nitrogen and oxygen atoms in total. The second-order valence-electron chi connectivity index (χ2n) is 5.74. The van der Waals surface area contributed by atoms with E-state index in [1.165, 1.54) is 17.3 Å². The number of nitrogens with two attached hydrogens (primary N) is 1. The van der Waals surface area contributed by atoms with Crippen molar-refractivity contribution in [3.05, 3.63) is 29.5 Å². The molecule has 1 atom stereocenters. The third-order valence-corrected chi connectivity index (χ3v) is 3.91. The molecular formula is C14H18N8O3. The van der Waals surface area contributed by atoms with Gasteiger partial charge in [-0.1, -0.05) is 0 Å². The highest BCUT2D eigenvalue weighted by Gasteiger charge is 2.28. The number of hydrogen-bond acceptors (Lipinski definition) is 8. The smallest absolute Gasteiger partial charge is 0.276 e. The number of nitrogens with one attached hydrogen (secondary N) is 1. The van der Waals surface area contributed by atoms with Crippen LogP contribution in [0.25, 0.3) is 0 Å². The molecule has 1 aliphatic rings. The van der Waals surface area contributed by atoms with Gasteiger partial charge in [0, 0.05) is 26.2 Å². The molecule has 1 fully saturated rings. The number of carbonyl (C=O) groups is 2. The largest absolute Gasteiger partial charge is 0.389 e. The Balaban J connectivity index is 1.77. The van der Waals surface area contributed by atoms with E-state index >= 15 is 0 Å². The van der Waals surface area contributed by atoms with Crippen LogP contribution >= 0.6 is 0 Å². The zero-order valence-corrected chi connectivity index (χ0v) is 13.6. The molecule has 0 aromatic carbocycles. The number of aryl methyl sites for hydroxylation is 1. The van der Waals surface area contributed by atoms with E-state index in [9.17, 15) is 14.7 Å². The first-order valence-corrected chi connectivity index (χ1v) is 7.67. The molecule has 0 bridgehead atoms. The molecule has 0 unspecified atom stereocenters. The minimum absolute atomic E-state index is 0.0439. The lowest BCUT2D eigenvalue weighted by Gasteiger charge is -2.22. The highest BCUT2D eigenvalue weighted by molar-refractivity contribution is 5.93. The number of anilines is 1. The van der Waals surface area contributed by atoms with Crippen molar-refractivity contribution < 1.29 is 14.7 Å². The number of rotatable bonds is 3. The summed E-state index contributed by atoms with van der Waals surface area (Å²) in [6, 6.07) is 0. The maximum absolute atomic E-state index is 12.6. The van der Waals surface area contributed by atoms with E-state index in [1.54, 1.807) is 11.8 Å². The number of H-pyrrole nitrogens is 1. The molecule has 4 N–H and O–H groups in total. The van der Waals surface area contributed by atoms with E-state index in [-0.39, 0.29) is 30.4 Å². The molecule has 132 valence electrons. The predicted molar refractivity (Wildman–Crippen MR) is 85.8 cm³/mol. The number of amides is 2. The van der Waals surface area contributed by atoms with Crippen molar-refractivity contribution in [2.75, 3.05) is 31.1 Å². The molecule has 1 saturated heterocycles. The second kappa shape index (κ2) is 6.81. The van der Waals surface area contributed by atoms with E-state index in [1.807, 2.05) is 0 Å². The molecule has 2 aromatic heterocycles. The maximum atomic E-state index is 12.6. The number of hydrogen-bond donors (Lipinski definition) is 3. The van der Waals surface area contributed by atoms with Crippen molar-refractivity contribution in [1.82, 2.24) is 30.3 Å². The Morgan fingerprint density at radius 3 is 2.76 bits per heavy atom. The van der Waals surface area contributed by atoms with Gasteiger partial charge in [-0.3, -0.25) is 14.6 Å². The first-order valence-electron chi connectivity index (χ1n) is 7.67. The van der Waals surface area contributed by atoms with Crippen LogP contribution in [0.3, 0.4) is 0 Å². The Bertz CT molecular complexity index is 792. The van der Waals surface area contributed by atoms with Crippen LogP contribution < -0.4 is 10.6 Å². The molecule has 0 radical (unpaired) electrons. The van der Waals surface area contributed by atoms with Gasteiger partial charge in [0.25, 0.3) is 11.8 Å². The minimum atomic E-state index is -0.794. The van der Waals surface area contributed by atoms with Crippen LogP contribution in [0, 0.1) is 6.92 Å². The van der Waals surface area contributed by atoms with Crippen molar-refractivity contribution in [3.8, 4) is 0 Å². The summed E-state index contributed by atoms with van der Waals surface area (Å²) in [6.45, 7) is 2.85. The van der Waals surface area contributed by atoms with Crippen LogP contribution in [0.2, 0.25) is 0 Å². The van der Waals surface area contributed by atoms with E-state index in [4.69, 9.17) is 5.73 Å². The van der Waals surface area contributed by atoms with Gasteiger partial charge in [-0.25, -0.2) is 4.98 Å². The third-order valence-electron chi connectivity index (χ3n) is 3.91. The first-order chi connectivity index (χ1) is 12.0. The van der Waals surface area contributed by atoms with E-state index in [0.717, 1.165) is 0 Å². The highest BCUT2D eigenvalue weighted by atomic mass is 16.3. The number of aliphatic hydroxyl groups is 1. The molecule has 25 heavy (non-hydrogen) atoms. The normalized spacial score (nSPS) is 18.1. The Hall–Kier alpha value is -3.08. The molecule has 2 amide bonds. The van der Waals surface area contributed by atoms with E-state index in [0.29, 0.717) is 24.6 Å². The van der Waals surface area contributed by atoms with Gasteiger partial charge in [0.15, 0.2) is 5.69 Å². The topological polar surface area (TPSA) is 154 Å². The van der Waals surface area contributed by atoms with Crippen LogP contribution in [0.5, 0.6) is 0 Å². The number of β-amino-alcohol motifs (C(OH)–C–C–N with tert-alkyl or cyclic N) is 1. The molecule has 1 aliphatic heterocycles. The molecule has 0 aliphatic carbocycles. The van der Waals surface area contributed by atoms with Gasteiger partial charge in [0.2, 0.25) is 0 Å². The standard InChI is InChI=1S/C14H18N8O3/c1-8-12(19-20-18-8)14(25)22-3-2-21(6-9(23)7-22)11-5-16-4-10(17-11)13(15)24/h4-5,9,23H,2-3,6-7H2,1H3,(H2,15,24)(H,18,19,20)/t9-/m0/s1. The molecule has 0 saturated carbocycles. The zero-order chi connectivity index (χ0) is 18.0. The van der Waals surface area contributed by atoms with E-state index in [2.05, 4.69) is 25.4 Å². The van der Waals surface area contributed by atoms with Gasteiger partial charge in [-0.05, 0) is 6.92 Å². The van der Waals surface area contributed by atoms with Crippen molar-refractivity contribution in [2.24, 2.45) is 5.73 Å². The van der Waals surface area contributed by atoms with Gasteiger partial charge >= 0.3 is 0 Å². The Labute approximate surface area is 142 Å². The summed E-state index contributed by atoms with van der Waals surface area (Å²) >= 11 is 0. The van der Waals surface area contributed by atoms with Gasteiger partial charge in [-0.2, -0.15) is 15.4 Å². The fraction of sp³-hybridized carbons (Fsp3) is 0.429. The fourth-order valence-corrected chi connectivity index (χ4v) is 2.65. The molecule has 11 heteroatoms. The lowest BCUT2D eigenvalue weighted by Crippen LogP contribution is -2.38. The van der Waals surface area contributed by atoms with Crippen molar-refractivity contribution >= 4 is 17.6 Å². The summed E-state index contributed by atoms with van der Waals surface area (Å²) in [5, 5.41) is 20.4. The van der Waals surface area contributed by atoms with Crippen molar-refractivity contribution in [1.29, 1.82) is 0 Å². The summed E-state index contributed by atoms with van der Waals surface area (Å²) in [4.78, 5) is 35.2. The molecule has 3 rings (SSSR count). The van der Waals surface area contributed by atoms with Gasteiger partial charge in [0.1, 0.15) is 11.5 Å². The summed E-state index contributed by atoms with van der Waals surface area (Å²) in [5.41, 5.74) is 6.00. The summed E-state index contributed by atoms with van der Waals surface area (Å²) in [6.07, 6.45) is 1.97. The lowest BCUT2D eigenvalue weighted by molar-refractivity contribution is 0.0667. The number of aromatic nitrogens is 5. The average Bonchev–Trinajstić information content (AvgIpc) is 2.92. The lowest BCUT2D eigenvalue weighted by atomic mass is 10.2. The van der Waals surface area contributed by atoms with Gasteiger partial charge in [0.05, 0.1) is 24.2 Å². The van der Waals surface area contributed by atoms with Crippen LogP contribution in [-0.2, 0) is 0 Å². The van der Waals surface area contributed by atoms with Crippen molar-refractivity contribution in [2.45, 2.75) is 13.0 Å². The van der Waals surface area contributed by atoms with Crippen LogP contribution in [0.15, 0.2) is 12.4 Å². The SMILES string of the molecule is Cc1n[nH]nc1C(=O)N1CCN(c2cncc(C(N)=O)n2)C[C@H](O)C1. The molecule has 2 aromatic rings. The summed E-state index contributed by atoms with van der Waals surface area (Å²) < 4.78 is 0. The van der Waals surface area contributed by atoms with E-state index < -0.39 is 12.0 Å². The number of aliphatic hydroxyl groups excluding tert-OH is 1. The molecular weight excluding hydrogens is 328 g/mol. The third kappa shape index (κ3) is 3.55. The molecule has 0 spiro atoms. The minimum Gasteiger partial charge on any atom is -0.389 e. The predicted octanol–water partition coefficient (Wildman–Crippen LogP) is -1.67. The van der Waals surface area contributed by atoms with Gasteiger partial charge < -0.3 is 20.6 Å². The van der Waals surface area contributed by atoms with Crippen LogP contribution in [0.1, 0.15) is 26.7 Å². The Morgan fingerprint density at radius 1 is 1.28 bits per heavy atom. The number of nitrogens with zero attached hydrogens (tertiary/aromatic N) is 6. The summed E-state index contributed by atoms with van der Waals surface area (Å²) in [7, 11) is 0. The Morgan fingerprint density at radius 2 is 2.08 bits per heavy atom. The molecule has 3 heterocycles. The number of primary amides is 1. The maximum Gasteiger partial charge on any atom is 0.276 e. The van der Waals surface area contributed by atoms with Crippen LogP contribution in [0.4, 0.5) is 5.82 Å². The Kier molecular flexibility index (Phi) is 4.57. The highest BCUT2D eigenvalue weighted by Crippen LogP contribution is 2.15. The first kappa shape index (κ1) is 16.8.